The number of piperidine rings is 1. The highest BCUT2D eigenvalue weighted by Crippen LogP contribution is 2.37. The van der Waals surface area contributed by atoms with Crippen molar-refractivity contribution >= 4 is 28.6 Å². The molecule has 31 heavy (non-hydrogen) atoms. The van der Waals surface area contributed by atoms with Gasteiger partial charge in [-0.1, -0.05) is 30.3 Å². The summed E-state index contributed by atoms with van der Waals surface area (Å²) >= 11 is 2.73. The molecule has 0 radical (unpaired) electrons. The van der Waals surface area contributed by atoms with Gasteiger partial charge in [0.1, 0.15) is 25.4 Å². The van der Waals surface area contributed by atoms with E-state index in [0.29, 0.717) is 16.4 Å². The lowest BCUT2D eigenvalue weighted by molar-refractivity contribution is -0.917. The number of carbonyl (C=O) groups is 1. The van der Waals surface area contributed by atoms with Crippen LogP contribution in [0, 0.1) is 0 Å². The molecule has 164 valence electrons. The zero-order chi connectivity index (χ0) is 21.7. The predicted octanol–water partition coefficient (Wildman–Crippen LogP) is 4.28. The fourth-order valence-corrected chi connectivity index (χ4v) is 5.82. The molecule has 1 aliphatic rings. The van der Waals surface area contributed by atoms with Crippen LogP contribution in [0.3, 0.4) is 0 Å². The number of quaternary nitrogens is 1. The predicted molar refractivity (Wildman–Crippen MR) is 123 cm³/mol. The summed E-state index contributed by atoms with van der Waals surface area (Å²) in [6, 6.07) is 17.1. The van der Waals surface area contributed by atoms with E-state index in [-0.39, 0.29) is 6.10 Å². The number of ether oxygens (including phenoxy) is 2. The Morgan fingerprint density at radius 3 is 2.39 bits per heavy atom. The van der Waals surface area contributed by atoms with Gasteiger partial charge < -0.3 is 19.1 Å². The fourth-order valence-electron chi connectivity index (χ4n) is 4.10. The van der Waals surface area contributed by atoms with Gasteiger partial charge in [0.25, 0.3) is 0 Å². The van der Waals surface area contributed by atoms with Crippen LogP contribution >= 0.6 is 22.7 Å². The smallest absolute Gasteiger partial charge is 0.349 e. The Bertz CT molecular complexity index is 925. The Labute approximate surface area is 191 Å². The van der Waals surface area contributed by atoms with Crippen molar-refractivity contribution in [3.63, 3.8) is 0 Å². The molecular formula is C24H28NO4S2+. The van der Waals surface area contributed by atoms with Gasteiger partial charge in [-0.05, 0) is 41.4 Å². The first kappa shape index (κ1) is 22.0. The summed E-state index contributed by atoms with van der Waals surface area (Å²) in [4.78, 5) is 14.4. The van der Waals surface area contributed by atoms with Crippen LogP contribution in [0.15, 0.2) is 65.4 Å². The van der Waals surface area contributed by atoms with E-state index in [9.17, 15) is 9.90 Å². The summed E-state index contributed by atoms with van der Waals surface area (Å²) in [5, 5.41) is 15.2. The highest BCUT2D eigenvalue weighted by molar-refractivity contribution is 7.12. The number of aliphatic hydroxyl groups is 1. The van der Waals surface area contributed by atoms with Gasteiger partial charge in [0, 0.05) is 6.42 Å². The van der Waals surface area contributed by atoms with Gasteiger partial charge in [0.05, 0.1) is 23.3 Å². The van der Waals surface area contributed by atoms with Crippen molar-refractivity contribution in [1.82, 2.24) is 0 Å². The topological polar surface area (TPSA) is 55.8 Å². The Hall–Kier alpha value is -2.19. The van der Waals surface area contributed by atoms with Crippen LogP contribution in [0.1, 0.15) is 22.6 Å². The standard InChI is InChI=1S/C24H28NO4S2/c1-25(14-15-28-19-8-3-2-4-9-19)13-5-10-20(18-25)29-23(26)24(27,21-11-6-16-30-21)22-12-7-17-31-22/h2-4,6-9,11-12,16-17,20,27H,5,10,13-15,18H2,1H3/q+1/t20?,25-/m1/s1. The molecule has 1 aliphatic heterocycles. The molecule has 5 nitrogen and oxygen atoms in total. The second-order valence-corrected chi connectivity index (χ2v) is 10.1. The minimum Gasteiger partial charge on any atom is -0.488 e. The molecule has 0 aliphatic carbocycles. The Balaban J connectivity index is 1.40. The lowest BCUT2D eigenvalue weighted by Crippen LogP contribution is -2.56. The number of nitrogens with zero attached hydrogens (tertiary/aromatic N) is 1. The largest absolute Gasteiger partial charge is 0.488 e. The molecule has 2 aromatic heterocycles. The number of hydrogen-bond acceptors (Lipinski definition) is 6. The van der Waals surface area contributed by atoms with E-state index in [1.54, 1.807) is 12.1 Å². The number of thiophene rings is 2. The van der Waals surface area contributed by atoms with E-state index in [0.717, 1.165) is 42.7 Å². The van der Waals surface area contributed by atoms with Crippen molar-refractivity contribution in [2.24, 2.45) is 0 Å². The van der Waals surface area contributed by atoms with Gasteiger partial charge in [0.15, 0.2) is 6.10 Å². The van der Waals surface area contributed by atoms with Crippen molar-refractivity contribution in [3.05, 3.63) is 75.1 Å². The van der Waals surface area contributed by atoms with E-state index in [4.69, 9.17) is 9.47 Å². The van der Waals surface area contributed by atoms with Gasteiger partial charge in [-0.2, -0.15) is 0 Å². The van der Waals surface area contributed by atoms with E-state index in [1.165, 1.54) is 22.7 Å². The summed E-state index contributed by atoms with van der Waals surface area (Å²) in [7, 11) is 2.18. The van der Waals surface area contributed by atoms with Crippen molar-refractivity contribution in [3.8, 4) is 5.75 Å². The van der Waals surface area contributed by atoms with Gasteiger partial charge >= 0.3 is 5.97 Å². The Morgan fingerprint density at radius 1 is 1.10 bits per heavy atom. The number of carbonyl (C=O) groups excluding carboxylic acids is 1. The number of para-hydroxylation sites is 1. The maximum atomic E-state index is 13.2. The third kappa shape index (κ3) is 5.01. The van der Waals surface area contributed by atoms with E-state index >= 15 is 0 Å². The maximum Gasteiger partial charge on any atom is 0.349 e. The van der Waals surface area contributed by atoms with Gasteiger partial charge in [-0.3, -0.25) is 0 Å². The van der Waals surface area contributed by atoms with Crippen LogP contribution in [0.2, 0.25) is 0 Å². The lowest BCUT2D eigenvalue weighted by atomic mass is 9.99. The first-order valence-electron chi connectivity index (χ1n) is 10.5. The van der Waals surface area contributed by atoms with Crippen molar-refractivity contribution < 1.29 is 23.9 Å². The van der Waals surface area contributed by atoms with Gasteiger partial charge in [-0.25, -0.2) is 4.79 Å². The molecule has 3 aromatic rings. The molecule has 4 rings (SSSR count). The number of likely N-dealkylation sites (N-methyl/N-ethyl adjacent to an activating group) is 1. The molecule has 2 atom stereocenters. The summed E-state index contributed by atoms with van der Waals surface area (Å²) in [6.07, 6.45) is 1.55. The second kappa shape index (κ2) is 9.53. The van der Waals surface area contributed by atoms with Crippen LogP contribution in [0.5, 0.6) is 5.75 Å². The van der Waals surface area contributed by atoms with E-state index < -0.39 is 11.6 Å². The Kier molecular flexibility index (Phi) is 6.77. The molecule has 0 bridgehead atoms. The molecule has 0 spiro atoms. The van der Waals surface area contributed by atoms with Crippen LogP contribution < -0.4 is 4.74 Å². The van der Waals surface area contributed by atoms with Crippen molar-refractivity contribution in [1.29, 1.82) is 0 Å². The molecule has 1 saturated heterocycles. The van der Waals surface area contributed by atoms with E-state index in [1.807, 2.05) is 53.2 Å². The van der Waals surface area contributed by atoms with Crippen molar-refractivity contribution in [2.75, 3.05) is 33.3 Å². The normalized spacial score (nSPS) is 21.5. The number of hydrogen-bond donors (Lipinski definition) is 1. The number of likely N-dealkylation sites (tertiary alicyclic amines) is 1. The highest BCUT2D eigenvalue weighted by atomic mass is 32.1. The van der Waals surface area contributed by atoms with E-state index in [2.05, 4.69) is 7.05 Å². The SMILES string of the molecule is C[N@+]1(CCOc2ccccc2)CCCC(OC(=O)C(O)(c2cccs2)c2cccs2)C1. The van der Waals surface area contributed by atoms with Crippen LogP contribution in [0.25, 0.3) is 0 Å². The molecule has 0 amide bonds. The minimum absolute atomic E-state index is 0.227. The zero-order valence-electron chi connectivity index (χ0n) is 17.6. The van der Waals surface area contributed by atoms with Gasteiger partial charge in [0.2, 0.25) is 5.60 Å². The number of rotatable bonds is 8. The monoisotopic (exact) mass is 458 g/mol. The molecule has 3 heterocycles. The summed E-state index contributed by atoms with van der Waals surface area (Å²) in [6.45, 7) is 3.18. The average Bonchev–Trinajstić information content (AvgIpc) is 3.49. The maximum absolute atomic E-state index is 13.2. The minimum atomic E-state index is -1.75. The first-order chi connectivity index (χ1) is 15.0. The second-order valence-electron chi connectivity index (χ2n) is 8.25. The molecule has 1 N–H and O–H groups in total. The van der Waals surface area contributed by atoms with Crippen molar-refractivity contribution in [2.45, 2.75) is 24.5 Å². The Morgan fingerprint density at radius 2 is 1.77 bits per heavy atom. The molecule has 1 unspecified atom stereocenters. The summed E-state index contributed by atoms with van der Waals surface area (Å²) in [5.74, 6) is 0.280. The van der Waals surface area contributed by atoms with Crippen LogP contribution in [-0.4, -0.2) is 55.0 Å². The molecule has 1 fully saturated rings. The molecule has 1 aromatic carbocycles. The summed E-state index contributed by atoms with van der Waals surface area (Å²) < 4.78 is 12.6. The third-order valence-corrected chi connectivity index (χ3v) is 7.79. The summed E-state index contributed by atoms with van der Waals surface area (Å²) in [5.41, 5.74) is -1.75. The van der Waals surface area contributed by atoms with Gasteiger partial charge in [-0.15, -0.1) is 22.7 Å². The first-order valence-corrected chi connectivity index (χ1v) is 12.3. The number of esters is 1. The molecule has 7 heteroatoms. The average molecular weight is 459 g/mol. The number of benzene rings is 1. The zero-order valence-corrected chi connectivity index (χ0v) is 19.2. The molecule has 0 saturated carbocycles. The highest BCUT2D eigenvalue weighted by Gasteiger charge is 2.46. The lowest BCUT2D eigenvalue weighted by Gasteiger charge is -2.41. The quantitative estimate of drug-likeness (QED) is 0.404. The fraction of sp³-hybridized carbons (Fsp3) is 0.375. The third-order valence-electron chi connectivity index (χ3n) is 5.84. The van der Waals surface area contributed by atoms with Crippen LogP contribution in [0.4, 0.5) is 0 Å². The molecular weight excluding hydrogens is 430 g/mol. The van der Waals surface area contributed by atoms with Crippen LogP contribution in [-0.2, 0) is 15.1 Å².